The zero-order chi connectivity index (χ0) is 16.9. The van der Waals surface area contributed by atoms with E-state index in [0.717, 1.165) is 34.1 Å². The summed E-state index contributed by atoms with van der Waals surface area (Å²) in [5.41, 5.74) is 10.4. The van der Waals surface area contributed by atoms with E-state index in [1.807, 2.05) is 72.8 Å². The Bertz CT molecular complexity index is 734. The van der Waals surface area contributed by atoms with Gasteiger partial charge in [0.15, 0.2) is 0 Å². The molecule has 0 aliphatic carbocycles. The van der Waals surface area contributed by atoms with Crippen LogP contribution in [0.4, 0.5) is 22.7 Å². The molecule has 4 heteroatoms. The van der Waals surface area contributed by atoms with Crippen molar-refractivity contribution in [2.45, 2.75) is 6.61 Å². The Morgan fingerprint density at radius 1 is 0.792 bits per heavy atom. The summed E-state index contributed by atoms with van der Waals surface area (Å²) in [5.74, 6) is 0.812. The Balaban J connectivity index is 2.06. The molecule has 122 valence electrons. The quantitative estimate of drug-likeness (QED) is 0.690. The van der Waals surface area contributed by atoms with Crippen LogP contribution in [0, 0.1) is 0 Å². The van der Waals surface area contributed by atoms with Crippen molar-refractivity contribution in [1.82, 2.24) is 0 Å². The maximum atomic E-state index is 9.25. The van der Waals surface area contributed by atoms with Gasteiger partial charge in [0.05, 0.1) is 13.7 Å². The van der Waals surface area contributed by atoms with Gasteiger partial charge in [0, 0.05) is 22.7 Å². The Morgan fingerprint density at radius 3 is 1.71 bits per heavy atom. The minimum Gasteiger partial charge on any atom is -0.497 e. The van der Waals surface area contributed by atoms with E-state index >= 15 is 0 Å². The summed E-state index contributed by atoms with van der Waals surface area (Å²) in [6.07, 6.45) is 0. The molecule has 3 aromatic carbocycles. The summed E-state index contributed by atoms with van der Waals surface area (Å²) in [6, 6.07) is 23.4. The Hall–Kier alpha value is -2.98. The number of nitrogens with zero attached hydrogens (tertiary/aromatic N) is 1. The third-order valence-electron chi connectivity index (χ3n) is 3.86. The van der Waals surface area contributed by atoms with Crippen LogP contribution >= 0.6 is 0 Å². The van der Waals surface area contributed by atoms with Gasteiger partial charge in [-0.15, -0.1) is 0 Å². The minimum atomic E-state index is 0.0324. The number of hydrogen-bond acceptors (Lipinski definition) is 4. The Morgan fingerprint density at radius 2 is 1.25 bits per heavy atom. The van der Waals surface area contributed by atoms with Crippen molar-refractivity contribution in [2.24, 2.45) is 0 Å². The number of nitrogens with two attached hydrogens (primary N) is 1. The van der Waals surface area contributed by atoms with Crippen LogP contribution in [-0.2, 0) is 6.61 Å². The molecule has 0 saturated carbocycles. The highest BCUT2D eigenvalue weighted by atomic mass is 16.5. The van der Waals surface area contributed by atoms with Gasteiger partial charge in [-0.25, -0.2) is 0 Å². The third-order valence-corrected chi connectivity index (χ3v) is 3.86. The molecule has 4 nitrogen and oxygen atoms in total. The average Bonchev–Trinajstić information content (AvgIpc) is 2.64. The second-order valence-corrected chi connectivity index (χ2v) is 5.45. The maximum absolute atomic E-state index is 9.25. The van der Waals surface area contributed by atoms with Crippen LogP contribution in [0.5, 0.6) is 5.75 Å². The molecule has 0 radical (unpaired) electrons. The summed E-state index contributed by atoms with van der Waals surface area (Å²) in [5, 5.41) is 9.25. The van der Waals surface area contributed by atoms with Gasteiger partial charge >= 0.3 is 0 Å². The fourth-order valence-electron chi connectivity index (χ4n) is 2.55. The molecule has 0 atom stereocenters. The van der Waals surface area contributed by atoms with Crippen LogP contribution < -0.4 is 15.4 Å². The van der Waals surface area contributed by atoms with Gasteiger partial charge in [-0.05, 0) is 66.2 Å². The first-order valence-corrected chi connectivity index (χ1v) is 7.71. The first-order chi connectivity index (χ1) is 11.7. The van der Waals surface area contributed by atoms with E-state index in [9.17, 15) is 5.11 Å². The molecule has 0 spiro atoms. The van der Waals surface area contributed by atoms with Gasteiger partial charge < -0.3 is 20.5 Å². The first kappa shape index (κ1) is 15.9. The monoisotopic (exact) mass is 320 g/mol. The normalized spacial score (nSPS) is 10.4. The zero-order valence-electron chi connectivity index (χ0n) is 13.5. The SMILES string of the molecule is COc1ccc(N(c2ccc(N)cc2)c2ccc(CO)cc2)cc1. The van der Waals surface area contributed by atoms with Crippen molar-refractivity contribution in [3.63, 3.8) is 0 Å². The lowest BCUT2D eigenvalue weighted by Gasteiger charge is -2.25. The number of ether oxygens (including phenoxy) is 1. The predicted octanol–water partition coefficient (Wildman–Crippen LogP) is 4.24. The van der Waals surface area contributed by atoms with Crippen LogP contribution in [0.25, 0.3) is 0 Å². The molecule has 0 unspecified atom stereocenters. The second kappa shape index (κ2) is 7.06. The van der Waals surface area contributed by atoms with Gasteiger partial charge in [0.25, 0.3) is 0 Å². The molecular weight excluding hydrogens is 300 g/mol. The molecule has 24 heavy (non-hydrogen) atoms. The van der Waals surface area contributed by atoms with Crippen LogP contribution in [0.3, 0.4) is 0 Å². The number of benzene rings is 3. The number of anilines is 4. The molecule has 3 aromatic rings. The van der Waals surface area contributed by atoms with E-state index < -0.39 is 0 Å². The van der Waals surface area contributed by atoms with E-state index in [-0.39, 0.29) is 6.61 Å². The second-order valence-electron chi connectivity index (χ2n) is 5.45. The smallest absolute Gasteiger partial charge is 0.119 e. The molecule has 0 fully saturated rings. The van der Waals surface area contributed by atoms with Gasteiger partial charge in [-0.1, -0.05) is 12.1 Å². The van der Waals surface area contributed by atoms with Crippen molar-refractivity contribution in [2.75, 3.05) is 17.7 Å². The van der Waals surface area contributed by atoms with Gasteiger partial charge in [-0.3, -0.25) is 0 Å². The summed E-state index contributed by atoms with van der Waals surface area (Å²) in [4.78, 5) is 2.13. The number of methoxy groups -OCH3 is 1. The molecule has 0 aromatic heterocycles. The average molecular weight is 320 g/mol. The fraction of sp³-hybridized carbons (Fsp3) is 0.100. The van der Waals surface area contributed by atoms with E-state index in [1.54, 1.807) is 7.11 Å². The molecule has 0 amide bonds. The van der Waals surface area contributed by atoms with E-state index in [1.165, 1.54) is 0 Å². The highest BCUT2D eigenvalue weighted by Gasteiger charge is 2.12. The van der Waals surface area contributed by atoms with E-state index in [4.69, 9.17) is 10.5 Å². The molecule has 0 aliphatic heterocycles. The summed E-state index contributed by atoms with van der Waals surface area (Å²) in [7, 11) is 1.65. The summed E-state index contributed by atoms with van der Waals surface area (Å²) in [6.45, 7) is 0.0324. The first-order valence-electron chi connectivity index (χ1n) is 7.71. The summed E-state index contributed by atoms with van der Waals surface area (Å²) < 4.78 is 5.24. The number of aliphatic hydroxyl groups is 1. The minimum absolute atomic E-state index is 0.0324. The topological polar surface area (TPSA) is 58.7 Å². The third kappa shape index (κ3) is 3.34. The largest absolute Gasteiger partial charge is 0.497 e. The number of hydrogen-bond donors (Lipinski definition) is 2. The molecule has 3 rings (SSSR count). The number of aliphatic hydroxyl groups excluding tert-OH is 1. The van der Waals surface area contributed by atoms with Crippen LogP contribution in [-0.4, -0.2) is 12.2 Å². The molecule has 3 N–H and O–H groups in total. The highest BCUT2D eigenvalue weighted by molar-refractivity contribution is 5.77. The van der Waals surface area contributed by atoms with E-state index in [2.05, 4.69) is 4.90 Å². The lowest BCUT2D eigenvalue weighted by Crippen LogP contribution is -2.10. The van der Waals surface area contributed by atoms with Crippen molar-refractivity contribution in [1.29, 1.82) is 0 Å². The van der Waals surface area contributed by atoms with Crippen LogP contribution in [0.1, 0.15) is 5.56 Å². The van der Waals surface area contributed by atoms with Gasteiger partial charge in [-0.2, -0.15) is 0 Å². The molecule has 0 bridgehead atoms. The number of nitrogen functional groups attached to an aromatic ring is 1. The molecule has 0 saturated heterocycles. The molecule has 0 heterocycles. The highest BCUT2D eigenvalue weighted by Crippen LogP contribution is 2.35. The molecular formula is C20H20N2O2. The van der Waals surface area contributed by atoms with Crippen LogP contribution in [0.2, 0.25) is 0 Å². The van der Waals surface area contributed by atoms with Gasteiger partial charge in [0.1, 0.15) is 5.75 Å². The van der Waals surface area contributed by atoms with Crippen LogP contribution in [0.15, 0.2) is 72.8 Å². The molecule has 0 aliphatic rings. The van der Waals surface area contributed by atoms with Crippen molar-refractivity contribution >= 4 is 22.7 Å². The lowest BCUT2D eigenvalue weighted by atomic mass is 10.1. The predicted molar refractivity (Wildman–Crippen MR) is 98.0 cm³/mol. The standard InChI is InChI=1S/C20H20N2O2/c1-24-20-12-10-19(11-13-20)22(18-8-4-16(21)5-9-18)17-6-2-15(14-23)3-7-17/h2-13,23H,14,21H2,1H3. The number of rotatable bonds is 5. The van der Waals surface area contributed by atoms with Gasteiger partial charge in [0.2, 0.25) is 0 Å². The fourth-order valence-corrected chi connectivity index (χ4v) is 2.55. The van der Waals surface area contributed by atoms with Crippen molar-refractivity contribution < 1.29 is 9.84 Å². The summed E-state index contributed by atoms with van der Waals surface area (Å²) >= 11 is 0. The zero-order valence-corrected chi connectivity index (χ0v) is 13.5. The lowest BCUT2D eigenvalue weighted by molar-refractivity contribution is 0.282. The maximum Gasteiger partial charge on any atom is 0.119 e. The Labute approximate surface area is 141 Å². The van der Waals surface area contributed by atoms with Crippen molar-refractivity contribution in [3.8, 4) is 5.75 Å². The van der Waals surface area contributed by atoms with E-state index in [0.29, 0.717) is 0 Å². The van der Waals surface area contributed by atoms with Crippen molar-refractivity contribution in [3.05, 3.63) is 78.4 Å². The Kier molecular flexibility index (Phi) is 4.68.